The van der Waals surface area contributed by atoms with Gasteiger partial charge in [0.1, 0.15) is 54.9 Å². The number of aliphatic carboxylic acids is 1. The average Bonchev–Trinajstić information content (AvgIpc) is 3.55. The predicted molar refractivity (Wildman–Crippen MR) is 204 cm³/mol. The summed E-state index contributed by atoms with van der Waals surface area (Å²) in [5.74, 6) is -1.53. The van der Waals surface area contributed by atoms with Gasteiger partial charge in [0, 0.05) is 17.8 Å². The molecule has 22 atom stereocenters. The van der Waals surface area contributed by atoms with E-state index < -0.39 is 121 Å². The van der Waals surface area contributed by atoms with Crippen LogP contribution in [0.1, 0.15) is 99.3 Å². The van der Waals surface area contributed by atoms with Crippen LogP contribution in [-0.4, -0.2) is 173 Å². The van der Waals surface area contributed by atoms with E-state index in [1.807, 2.05) is 6.92 Å². The molecule has 7 aliphatic rings. The monoisotopic (exact) mass is 846 g/mol. The molecule has 4 saturated carbocycles. The van der Waals surface area contributed by atoms with Crippen molar-refractivity contribution in [2.45, 2.75) is 190 Å². The van der Waals surface area contributed by atoms with Crippen LogP contribution in [0.15, 0.2) is 0 Å². The number of ether oxygens (including phenoxy) is 5. The maximum absolute atomic E-state index is 13.3. The van der Waals surface area contributed by atoms with Crippen LogP contribution >= 0.6 is 0 Å². The normalized spacial score (nSPS) is 56.1. The van der Waals surface area contributed by atoms with Gasteiger partial charge in [0.25, 0.3) is 0 Å². The molecule has 7 fully saturated rings. The molecule has 3 aliphatic heterocycles. The molecule has 0 spiro atoms. The molecule has 7 rings (SSSR count). The Kier molecular flexibility index (Phi) is 12.3. The van der Waals surface area contributed by atoms with Gasteiger partial charge in [0.15, 0.2) is 18.2 Å². The van der Waals surface area contributed by atoms with Crippen LogP contribution in [0.3, 0.4) is 0 Å². The van der Waals surface area contributed by atoms with Crippen LogP contribution in [0.2, 0.25) is 0 Å². The van der Waals surface area contributed by atoms with Crippen molar-refractivity contribution in [3.05, 3.63) is 0 Å². The molecule has 0 radical (unpaired) electrons. The van der Waals surface area contributed by atoms with Crippen LogP contribution in [0.5, 0.6) is 0 Å². The van der Waals surface area contributed by atoms with Crippen molar-refractivity contribution in [1.82, 2.24) is 0 Å². The fourth-order valence-corrected chi connectivity index (χ4v) is 14.3. The molecule has 3 saturated heterocycles. The van der Waals surface area contributed by atoms with E-state index in [0.29, 0.717) is 25.7 Å². The number of carboxylic acids is 1. The first-order chi connectivity index (χ1) is 27.5. The first-order valence-corrected chi connectivity index (χ1v) is 21.6. The van der Waals surface area contributed by atoms with Gasteiger partial charge in [-0.2, -0.15) is 0 Å². The largest absolute Gasteiger partial charge is 0.479 e. The third-order valence-corrected chi connectivity index (χ3v) is 17.7. The lowest BCUT2D eigenvalue weighted by Crippen LogP contribution is -2.68. The SMILES string of the molecule is CC1(C)O[C@](C(=O)O)([C@H]2CC[C@]3(C)C2CC[C@@H]2[C@@]4(C)CC[C@H](O[C@@H]5O[C@H](CO)[C@@H](O)[C@H](O)[C@H]5O)[C@](C)(CO[C@@H]5O[C@H](CO)[C@@H](O)[C@H](O)[C@H]5O)[C@@H]4CC[C@]23C)C[C@H](O)[C@@H]1O. The van der Waals surface area contributed by atoms with Gasteiger partial charge in [-0.3, -0.25) is 0 Å². The van der Waals surface area contributed by atoms with Gasteiger partial charge in [-0.05, 0) is 99.2 Å². The summed E-state index contributed by atoms with van der Waals surface area (Å²) in [6.07, 6.45) is -12.9. The van der Waals surface area contributed by atoms with Crippen molar-refractivity contribution in [3.63, 3.8) is 0 Å². The zero-order valence-corrected chi connectivity index (χ0v) is 35.2. The third kappa shape index (κ3) is 6.87. The quantitative estimate of drug-likeness (QED) is 0.129. The minimum Gasteiger partial charge on any atom is -0.479 e. The Hall–Kier alpha value is -1.13. The lowest BCUT2D eigenvalue weighted by Gasteiger charge is -2.70. The van der Waals surface area contributed by atoms with Crippen LogP contribution in [-0.2, 0) is 28.5 Å². The summed E-state index contributed by atoms with van der Waals surface area (Å²) in [6, 6.07) is 0. The zero-order chi connectivity index (χ0) is 43.4. The summed E-state index contributed by atoms with van der Waals surface area (Å²) in [5, 5.41) is 117. The number of hydrogen-bond acceptors (Lipinski definition) is 16. The summed E-state index contributed by atoms with van der Waals surface area (Å²) in [4.78, 5) is 13.3. The maximum Gasteiger partial charge on any atom is 0.336 e. The fourth-order valence-electron chi connectivity index (χ4n) is 14.3. The van der Waals surface area contributed by atoms with E-state index >= 15 is 0 Å². The molecule has 0 aromatic carbocycles. The van der Waals surface area contributed by atoms with Crippen LogP contribution in [0.4, 0.5) is 0 Å². The molecule has 0 aromatic heterocycles. The van der Waals surface area contributed by atoms with Crippen LogP contribution in [0, 0.1) is 45.3 Å². The highest BCUT2D eigenvalue weighted by Crippen LogP contribution is 2.76. The summed E-state index contributed by atoms with van der Waals surface area (Å²) in [6.45, 7) is 10.8. The summed E-state index contributed by atoms with van der Waals surface area (Å²) in [5.41, 5.74) is -4.78. The van der Waals surface area contributed by atoms with E-state index in [1.165, 1.54) is 0 Å². The molecule has 17 heteroatoms. The number of aliphatic hydroxyl groups excluding tert-OH is 10. The van der Waals surface area contributed by atoms with E-state index in [0.717, 1.165) is 25.7 Å². The molecule has 1 unspecified atom stereocenters. The highest BCUT2D eigenvalue weighted by molar-refractivity contribution is 5.78. The summed E-state index contributed by atoms with van der Waals surface area (Å²) in [7, 11) is 0. The number of carbonyl (C=O) groups is 1. The second-order valence-corrected chi connectivity index (χ2v) is 20.8. The Morgan fingerprint density at radius 1 is 0.644 bits per heavy atom. The molecular formula is C42H70O17. The second kappa shape index (κ2) is 15.8. The van der Waals surface area contributed by atoms with E-state index in [2.05, 4.69) is 20.8 Å². The number of aliphatic hydroxyl groups is 10. The number of carboxylic acid groups (broad SMARTS) is 1. The van der Waals surface area contributed by atoms with Crippen molar-refractivity contribution >= 4 is 5.97 Å². The van der Waals surface area contributed by atoms with Gasteiger partial charge >= 0.3 is 5.97 Å². The first-order valence-electron chi connectivity index (χ1n) is 21.6. The Labute approximate surface area is 345 Å². The average molecular weight is 847 g/mol. The molecule has 59 heavy (non-hydrogen) atoms. The Balaban J connectivity index is 1.20. The standard InChI is InChI=1S/C42H70O17/c1-37(2)33(52)21(45)15-42(59-37,36(53)54)20-9-13-40(5)19(20)7-8-25-38(3)12-11-26(58-35-32(51)30(49)28(47)23(17-44)57-35)39(4,24(38)10-14-41(25,40)6)18-55-34-31(50)29(48)27(46)22(16-43)56-34/h19-35,43-52H,7-18H2,1-6H3,(H,53,54)/t19?,20-,21-,22+,23+,24+,25+,26-,27+,28+,29-,30-,31+,32+,33-,34+,35-,38-,39+,40+,41+,42-/m0/s1. The predicted octanol–water partition coefficient (Wildman–Crippen LogP) is -0.603. The molecule has 0 aromatic rings. The number of rotatable bonds is 9. The molecular weight excluding hydrogens is 776 g/mol. The number of fused-ring (bicyclic) bond motifs is 5. The van der Waals surface area contributed by atoms with Gasteiger partial charge in [-0.25, -0.2) is 4.79 Å². The van der Waals surface area contributed by atoms with E-state index in [9.17, 15) is 61.0 Å². The van der Waals surface area contributed by atoms with Gasteiger partial charge < -0.3 is 79.9 Å². The van der Waals surface area contributed by atoms with Crippen LogP contribution < -0.4 is 0 Å². The summed E-state index contributed by atoms with van der Waals surface area (Å²) >= 11 is 0. The molecule has 17 nitrogen and oxygen atoms in total. The topological polar surface area (TPSA) is 286 Å². The van der Waals surface area contributed by atoms with E-state index in [1.54, 1.807) is 13.8 Å². The Morgan fingerprint density at radius 3 is 1.80 bits per heavy atom. The maximum atomic E-state index is 13.3. The molecule has 0 amide bonds. The third-order valence-electron chi connectivity index (χ3n) is 17.7. The van der Waals surface area contributed by atoms with Gasteiger partial charge in [-0.1, -0.05) is 27.7 Å². The van der Waals surface area contributed by atoms with Crippen LogP contribution in [0.25, 0.3) is 0 Å². The Bertz CT molecular complexity index is 1530. The Morgan fingerprint density at radius 2 is 1.22 bits per heavy atom. The smallest absolute Gasteiger partial charge is 0.336 e. The number of hydrogen-bond donors (Lipinski definition) is 11. The zero-order valence-electron chi connectivity index (χ0n) is 35.2. The van der Waals surface area contributed by atoms with Crippen molar-refractivity contribution in [2.24, 2.45) is 45.3 Å². The minimum atomic E-state index is -1.67. The lowest BCUT2D eigenvalue weighted by atomic mass is 9.35. The fraction of sp³-hybridized carbons (Fsp3) is 0.976. The van der Waals surface area contributed by atoms with Crippen molar-refractivity contribution in [3.8, 4) is 0 Å². The highest BCUT2D eigenvalue weighted by Gasteiger charge is 2.73. The van der Waals surface area contributed by atoms with Crippen molar-refractivity contribution in [2.75, 3.05) is 19.8 Å². The van der Waals surface area contributed by atoms with E-state index in [4.69, 9.17) is 23.7 Å². The second-order valence-electron chi connectivity index (χ2n) is 20.8. The molecule has 340 valence electrons. The van der Waals surface area contributed by atoms with Crippen molar-refractivity contribution < 1.29 is 84.7 Å². The highest BCUT2D eigenvalue weighted by atomic mass is 16.7. The molecule has 0 bridgehead atoms. The summed E-state index contributed by atoms with van der Waals surface area (Å²) < 4.78 is 30.9. The minimum absolute atomic E-state index is 0.0370. The van der Waals surface area contributed by atoms with Crippen molar-refractivity contribution in [1.29, 1.82) is 0 Å². The molecule has 3 heterocycles. The lowest BCUT2D eigenvalue weighted by molar-refractivity contribution is -0.345. The van der Waals surface area contributed by atoms with E-state index in [-0.39, 0.29) is 47.0 Å². The molecule has 11 N–H and O–H groups in total. The molecule has 4 aliphatic carbocycles. The first kappa shape index (κ1) is 45.9. The van der Waals surface area contributed by atoms with Gasteiger partial charge in [0.05, 0.1) is 37.6 Å². The van der Waals surface area contributed by atoms with Gasteiger partial charge in [0.2, 0.25) is 0 Å². The van der Waals surface area contributed by atoms with Gasteiger partial charge in [-0.15, -0.1) is 0 Å².